The van der Waals surface area contributed by atoms with Crippen LogP contribution in [0.4, 0.5) is 5.69 Å². The van der Waals surface area contributed by atoms with Gasteiger partial charge in [0.05, 0.1) is 17.7 Å². The molecule has 26 heavy (non-hydrogen) atoms. The zero-order valence-electron chi connectivity index (χ0n) is 13.4. The zero-order valence-corrected chi connectivity index (χ0v) is 14.2. The first-order chi connectivity index (χ1) is 12.5. The third kappa shape index (κ3) is 4.16. The van der Waals surface area contributed by atoms with Crippen molar-refractivity contribution in [3.63, 3.8) is 0 Å². The van der Waals surface area contributed by atoms with Gasteiger partial charge in [-0.1, -0.05) is 41.7 Å². The number of nitrogens with one attached hydrogen (secondary N) is 1. The number of pyridine rings is 1. The summed E-state index contributed by atoms with van der Waals surface area (Å²) in [6.07, 6.45) is 1.14. The molecule has 1 amide bonds. The number of carbonyl (C=O) groups is 1. The van der Waals surface area contributed by atoms with Gasteiger partial charge in [0, 0.05) is 18.7 Å². The van der Waals surface area contributed by atoms with Gasteiger partial charge < -0.3 is 9.88 Å². The number of aromatic nitrogens is 3. The van der Waals surface area contributed by atoms with E-state index in [1.165, 1.54) is 0 Å². The Morgan fingerprint density at radius 3 is 2.69 bits per heavy atom. The molecule has 0 saturated heterocycles. The van der Waals surface area contributed by atoms with Crippen molar-refractivity contribution in [3.05, 3.63) is 84.7 Å². The summed E-state index contributed by atoms with van der Waals surface area (Å²) < 4.78 is 1.16. The summed E-state index contributed by atoms with van der Waals surface area (Å²) in [6, 6.07) is 11.7. The minimum absolute atomic E-state index is 0.00411. The zero-order chi connectivity index (χ0) is 18.5. The first-order valence-electron chi connectivity index (χ1n) is 7.52. The second-order valence-electron chi connectivity index (χ2n) is 5.28. The quantitative estimate of drug-likeness (QED) is 0.519. The van der Waals surface area contributed by atoms with Crippen LogP contribution in [0.25, 0.3) is 0 Å². The van der Waals surface area contributed by atoms with Gasteiger partial charge in [-0.2, -0.15) is 0 Å². The Hall–Kier alpha value is -3.40. The van der Waals surface area contributed by atoms with Gasteiger partial charge in [-0.15, -0.1) is 10.2 Å². The number of nitrogens with zero attached hydrogens (tertiary/aromatic N) is 4. The van der Waals surface area contributed by atoms with E-state index in [0.717, 1.165) is 39.8 Å². The van der Waals surface area contributed by atoms with E-state index in [4.69, 9.17) is 0 Å². The summed E-state index contributed by atoms with van der Waals surface area (Å²) >= 11 is 1.03. The smallest absolute Gasteiger partial charge is 0.285 e. The lowest BCUT2D eigenvalue weighted by molar-refractivity contribution is -0.385. The van der Waals surface area contributed by atoms with Crippen molar-refractivity contribution in [2.75, 3.05) is 0 Å². The molecule has 0 atom stereocenters. The Bertz CT molecular complexity index is 999. The van der Waals surface area contributed by atoms with Crippen molar-refractivity contribution >= 4 is 22.9 Å². The molecule has 9 nitrogen and oxygen atoms in total. The second-order valence-corrected chi connectivity index (χ2v) is 6.34. The van der Waals surface area contributed by atoms with E-state index in [1.54, 1.807) is 0 Å². The SMILES string of the molecule is O=C(NCc1ccccc1)c1nnc(Cn2cc([N+](=O)[O-])ccc2=O)s1. The molecule has 0 saturated carbocycles. The van der Waals surface area contributed by atoms with Gasteiger partial charge in [-0.05, 0) is 5.56 Å². The molecule has 0 unspecified atom stereocenters. The van der Waals surface area contributed by atoms with Crippen LogP contribution in [0.15, 0.2) is 53.5 Å². The first kappa shape index (κ1) is 17.4. The van der Waals surface area contributed by atoms with Crippen LogP contribution < -0.4 is 10.9 Å². The van der Waals surface area contributed by atoms with Gasteiger partial charge in [-0.3, -0.25) is 19.7 Å². The molecule has 0 aliphatic heterocycles. The normalized spacial score (nSPS) is 10.5. The van der Waals surface area contributed by atoms with Gasteiger partial charge in [0.1, 0.15) is 5.01 Å². The predicted molar refractivity (Wildman–Crippen MR) is 94.0 cm³/mol. The van der Waals surface area contributed by atoms with Crippen molar-refractivity contribution in [1.29, 1.82) is 0 Å². The third-order valence-electron chi connectivity index (χ3n) is 3.44. The van der Waals surface area contributed by atoms with Crippen LogP contribution in [0.1, 0.15) is 20.4 Å². The molecule has 3 aromatic rings. The molecule has 2 aromatic heterocycles. The molecule has 0 fully saturated rings. The molecular formula is C16H13N5O4S. The molecule has 1 N–H and O–H groups in total. The molecule has 0 bridgehead atoms. The standard InChI is InChI=1S/C16H13N5O4S/c22-14-7-6-12(21(24)25)9-20(14)10-13-18-19-16(26-13)15(23)17-8-11-4-2-1-3-5-11/h1-7,9H,8,10H2,(H,17,23). The Labute approximate surface area is 151 Å². The lowest BCUT2D eigenvalue weighted by atomic mass is 10.2. The van der Waals surface area contributed by atoms with E-state index in [0.29, 0.717) is 11.6 Å². The average molecular weight is 371 g/mol. The van der Waals surface area contributed by atoms with Crippen molar-refractivity contribution < 1.29 is 9.72 Å². The molecule has 1 aromatic carbocycles. The maximum Gasteiger partial charge on any atom is 0.285 e. The van der Waals surface area contributed by atoms with Gasteiger partial charge in [0.15, 0.2) is 0 Å². The lowest BCUT2D eigenvalue weighted by Gasteiger charge is -2.02. The number of carbonyl (C=O) groups excluding carboxylic acids is 1. The summed E-state index contributed by atoms with van der Waals surface area (Å²) in [4.78, 5) is 34.2. The summed E-state index contributed by atoms with van der Waals surface area (Å²) in [6.45, 7) is 0.364. The van der Waals surface area contributed by atoms with Gasteiger partial charge in [0.25, 0.3) is 17.2 Å². The predicted octanol–water partition coefficient (Wildman–Crippen LogP) is 1.59. The fraction of sp³-hybridized carbons (Fsp3) is 0.125. The summed E-state index contributed by atoms with van der Waals surface area (Å²) in [5, 5.41) is 21.8. The maximum atomic E-state index is 12.1. The monoisotopic (exact) mass is 371 g/mol. The maximum absolute atomic E-state index is 12.1. The largest absolute Gasteiger partial charge is 0.346 e. The van der Waals surface area contributed by atoms with Crippen LogP contribution in [0.2, 0.25) is 0 Å². The van der Waals surface area contributed by atoms with Crippen LogP contribution in [-0.2, 0) is 13.1 Å². The Morgan fingerprint density at radius 1 is 1.19 bits per heavy atom. The van der Waals surface area contributed by atoms with E-state index in [-0.39, 0.29) is 23.1 Å². The van der Waals surface area contributed by atoms with Crippen LogP contribution in [0, 0.1) is 10.1 Å². The number of hydrogen-bond acceptors (Lipinski definition) is 7. The highest BCUT2D eigenvalue weighted by Crippen LogP contribution is 2.13. The molecule has 3 rings (SSSR count). The molecule has 0 aliphatic rings. The highest BCUT2D eigenvalue weighted by atomic mass is 32.1. The molecule has 2 heterocycles. The number of benzene rings is 1. The minimum Gasteiger partial charge on any atom is -0.346 e. The highest BCUT2D eigenvalue weighted by molar-refractivity contribution is 7.13. The molecule has 0 aliphatic carbocycles. The van der Waals surface area contributed by atoms with Crippen LogP contribution in [0.3, 0.4) is 0 Å². The van der Waals surface area contributed by atoms with Gasteiger partial charge in [-0.25, -0.2) is 0 Å². The number of hydrogen-bond donors (Lipinski definition) is 1. The Kier molecular flexibility index (Phi) is 5.13. The summed E-state index contributed by atoms with van der Waals surface area (Å²) in [5.41, 5.74) is 0.351. The fourth-order valence-electron chi connectivity index (χ4n) is 2.16. The molecule has 0 spiro atoms. The number of rotatable bonds is 6. The first-order valence-corrected chi connectivity index (χ1v) is 8.34. The van der Waals surface area contributed by atoms with E-state index in [1.807, 2.05) is 30.3 Å². The van der Waals surface area contributed by atoms with E-state index in [2.05, 4.69) is 15.5 Å². The van der Waals surface area contributed by atoms with E-state index >= 15 is 0 Å². The summed E-state index contributed by atoms with van der Waals surface area (Å²) in [7, 11) is 0. The van der Waals surface area contributed by atoms with Crippen molar-refractivity contribution in [2.24, 2.45) is 0 Å². The van der Waals surface area contributed by atoms with Gasteiger partial charge >= 0.3 is 0 Å². The number of nitro groups is 1. The van der Waals surface area contributed by atoms with Crippen LogP contribution in [-0.4, -0.2) is 25.6 Å². The Morgan fingerprint density at radius 2 is 1.96 bits per heavy atom. The van der Waals surface area contributed by atoms with Crippen LogP contribution >= 0.6 is 11.3 Å². The molecule has 0 radical (unpaired) electrons. The minimum atomic E-state index is -0.585. The second kappa shape index (κ2) is 7.66. The Balaban J connectivity index is 1.68. The van der Waals surface area contributed by atoms with Crippen molar-refractivity contribution in [2.45, 2.75) is 13.1 Å². The topological polar surface area (TPSA) is 120 Å². The van der Waals surface area contributed by atoms with Crippen LogP contribution in [0.5, 0.6) is 0 Å². The van der Waals surface area contributed by atoms with Gasteiger partial charge in [0.2, 0.25) is 5.01 Å². The van der Waals surface area contributed by atoms with Crippen molar-refractivity contribution in [1.82, 2.24) is 20.1 Å². The third-order valence-corrected chi connectivity index (χ3v) is 4.35. The van der Waals surface area contributed by atoms with E-state index in [9.17, 15) is 19.7 Å². The lowest BCUT2D eigenvalue weighted by Crippen LogP contribution is -2.22. The molecular weight excluding hydrogens is 358 g/mol. The fourth-order valence-corrected chi connectivity index (χ4v) is 2.91. The summed E-state index contributed by atoms with van der Waals surface area (Å²) in [5.74, 6) is -0.371. The molecule has 10 heteroatoms. The molecule has 132 valence electrons. The van der Waals surface area contributed by atoms with Crippen molar-refractivity contribution in [3.8, 4) is 0 Å². The average Bonchev–Trinajstić information content (AvgIpc) is 3.11. The highest BCUT2D eigenvalue weighted by Gasteiger charge is 2.14. The number of amides is 1. The van der Waals surface area contributed by atoms with E-state index < -0.39 is 10.5 Å².